The zero-order valence-electron chi connectivity index (χ0n) is 14.7. The first-order valence-corrected chi connectivity index (χ1v) is 8.32. The largest absolute Gasteiger partial charge is 0.508 e. The van der Waals surface area contributed by atoms with Gasteiger partial charge in [0.1, 0.15) is 17.4 Å². The summed E-state index contributed by atoms with van der Waals surface area (Å²) < 4.78 is 10.2. The van der Waals surface area contributed by atoms with Crippen molar-refractivity contribution in [2.75, 3.05) is 13.2 Å². The van der Waals surface area contributed by atoms with Crippen LogP contribution in [0.5, 0.6) is 5.75 Å². The maximum Gasteiger partial charge on any atom is 0.310 e. The van der Waals surface area contributed by atoms with E-state index in [1.807, 2.05) is 6.92 Å². The van der Waals surface area contributed by atoms with Crippen LogP contribution in [0, 0.1) is 0 Å². The second kappa shape index (κ2) is 8.89. The molecule has 0 saturated carbocycles. The van der Waals surface area contributed by atoms with Crippen LogP contribution in [0.2, 0.25) is 0 Å². The summed E-state index contributed by atoms with van der Waals surface area (Å²) in [4.78, 5) is 35.4. The van der Waals surface area contributed by atoms with Crippen molar-refractivity contribution in [3.05, 3.63) is 30.0 Å². The molecule has 0 aliphatic heterocycles. The van der Waals surface area contributed by atoms with E-state index in [0.717, 1.165) is 6.42 Å². The number of nitrogens with one attached hydrogen (secondary N) is 2. The van der Waals surface area contributed by atoms with E-state index in [-0.39, 0.29) is 18.1 Å². The maximum absolute atomic E-state index is 11.9. The fraction of sp³-hybridized carbons (Fsp3) is 0.389. The minimum Gasteiger partial charge on any atom is -0.508 e. The highest BCUT2D eigenvalue weighted by molar-refractivity contribution is 5.89. The van der Waals surface area contributed by atoms with Crippen molar-refractivity contribution in [1.82, 2.24) is 10.6 Å². The Bertz CT molecular complexity index is 798. The van der Waals surface area contributed by atoms with E-state index >= 15 is 0 Å². The number of benzene rings is 1. The SMILES string of the molecule is CCCNC(=O)[C@H](C)NC(=O)COC(=O)Cc1coc2cc(O)ccc12. The number of hydrogen-bond acceptors (Lipinski definition) is 6. The van der Waals surface area contributed by atoms with Gasteiger partial charge in [0.25, 0.3) is 5.91 Å². The molecule has 1 atom stereocenters. The quantitative estimate of drug-likeness (QED) is 0.609. The Kier molecular flexibility index (Phi) is 6.60. The Hall–Kier alpha value is -3.03. The molecule has 26 heavy (non-hydrogen) atoms. The molecular weight excluding hydrogens is 340 g/mol. The van der Waals surface area contributed by atoms with Crippen LogP contribution in [0.3, 0.4) is 0 Å². The topological polar surface area (TPSA) is 118 Å². The normalized spacial score (nSPS) is 11.8. The molecule has 0 bridgehead atoms. The van der Waals surface area contributed by atoms with Crippen molar-refractivity contribution in [2.24, 2.45) is 0 Å². The predicted molar refractivity (Wildman–Crippen MR) is 93.4 cm³/mol. The predicted octanol–water partition coefficient (Wildman–Crippen LogP) is 1.25. The number of furan rings is 1. The molecule has 140 valence electrons. The molecule has 8 nitrogen and oxygen atoms in total. The molecule has 0 fully saturated rings. The molecule has 1 aromatic carbocycles. The summed E-state index contributed by atoms with van der Waals surface area (Å²) in [6.07, 6.45) is 2.13. The minimum atomic E-state index is -0.710. The number of fused-ring (bicyclic) bond motifs is 1. The van der Waals surface area contributed by atoms with Crippen LogP contribution in [0.15, 0.2) is 28.9 Å². The van der Waals surface area contributed by atoms with Crippen LogP contribution >= 0.6 is 0 Å². The molecule has 1 heterocycles. The Labute approximate surface area is 150 Å². The lowest BCUT2D eigenvalue weighted by Gasteiger charge is -2.13. The summed E-state index contributed by atoms with van der Waals surface area (Å²) in [6, 6.07) is 3.87. The molecule has 8 heteroatoms. The average Bonchev–Trinajstić information content (AvgIpc) is 2.99. The zero-order chi connectivity index (χ0) is 19.1. The number of ether oxygens (including phenoxy) is 1. The number of esters is 1. The lowest BCUT2D eigenvalue weighted by molar-refractivity contribution is -0.148. The van der Waals surface area contributed by atoms with Gasteiger partial charge in [0.15, 0.2) is 6.61 Å². The number of aromatic hydroxyl groups is 1. The lowest BCUT2D eigenvalue weighted by atomic mass is 10.1. The zero-order valence-corrected chi connectivity index (χ0v) is 14.7. The summed E-state index contributed by atoms with van der Waals surface area (Å²) in [5, 5.41) is 15.2. The Balaban J connectivity index is 1.80. The molecule has 1 aromatic heterocycles. The second-order valence-electron chi connectivity index (χ2n) is 5.86. The number of amides is 2. The van der Waals surface area contributed by atoms with Gasteiger partial charge in [0.05, 0.1) is 12.7 Å². The first-order valence-electron chi connectivity index (χ1n) is 8.32. The van der Waals surface area contributed by atoms with Crippen LogP contribution in [-0.4, -0.2) is 42.1 Å². The van der Waals surface area contributed by atoms with Crippen LogP contribution in [-0.2, 0) is 25.5 Å². The van der Waals surface area contributed by atoms with Crippen LogP contribution in [0.4, 0.5) is 0 Å². The molecule has 0 radical (unpaired) electrons. The van der Waals surface area contributed by atoms with Gasteiger partial charge in [-0.15, -0.1) is 0 Å². The van der Waals surface area contributed by atoms with Gasteiger partial charge >= 0.3 is 5.97 Å². The molecule has 0 saturated heterocycles. The van der Waals surface area contributed by atoms with Gasteiger partial charge in [-0.1, -0.05) is 6.92 Å². The first kappa shape index (κ1) is 19.3. The number of carbonyl (C=O) groups is 3. The molecule has 2 rings (SSSR count). The fourth-order valence-electron chi connectivity index (χ4n) is 2.31. The summed E-state index contributed by atoms with van der Waals surface area (Å²) in [7, 11) is 0. The van der Waals surface area contributed by atoms with Crippen LogP contribution in [0.25, 0.3) is 11.0 Å². The Morgan fingerprint density at radius 3 is 2.81 bits per heavy atom. The number of carbonyl (C=O) groups excluding carboxylic acids is 3. The maximum atomic E-state index is 11.9. The van der Waals surface area contributed by atoms with Gasteiger partial charge in [-0.3, -0.25) is 14.4 Å². The molecular formula is C18H22N2O6. The first-order chi connectivity index (χ1) is 12.4. The monoisotopic (exact) mass is 362 g/mol. The Morgan fingerprint density at radius 2 is 2.08 bits per heavy atom. The van der Waals surface area contributed by atoms with E-state index < -0.39 is 24.5 Å². The van der Waals surface area contributed by atoms with Crippen molar-refractivity contribution in [1.29, 1.82) is 0 Å². The summed E-state index contributed by atoms with van der Waals surface area (Å²) in [6.45, 7) is 3.54. The number of rotatable bonds is 8. The van der Waals surface area contributed by atoms with E-state index in [2.05, 4.69) is 10.6 Å². The highest BCUT2D eigenvalue weighted by Crippen LogP contribution is 2.25. The van der Waals surface area contributed by atoms with Crippen molar-refractivity contribution < 1.29 is 28.6 Å². The molecule has 0 spiro atoms. The summed E-state index contributed by atoms with van der Waals surface area (Å²) >= 11 is 0. The highest BCUT2D eigenvalue weighted by atomic mass is 16.5. The molecule has 0 unspecified atom stereocenters. The molecule has 3 N–H and O–H groups in total. The van der Waals surface area contributed by atoms with Gasteiger partial charge in [-0.25, -0.2) is 0 Å². The van der Waals surface area contributed by atoms with Crippen LogP contribution in [0.1, 0.15) is 25.8 Å². The van der Waals surface area contributed by atoms with E-state index in [9.17, 15) is 19.5 Å². The van der Waals surface area contributed by atoms with Crippen molar-refractivity contribution in [2.45, 2.75) is 32.7 Å². The van der Waals surface area contributed by atoms with E-state index in [1.165, 1.54) is 18.4 Å². The molecule has 0 aliphatic carbocycles. The highest BCUT2D eigenvalue weighted by Gasteiger charge is 2.17. The van der Waals surface area contributed by atoms with Crippen LogP contribution < -0.4 is 10.6 Å². The Morgan fingerprint density at radius 1 is 1.31 bits per heavy atom. The van der Waals surface area contributed by atoms with Gasteiger partial charge in [0, 0.05) is 23.6 Å². The number of hydrogen-bond donors (Lipinski definition) is 3. The summed E-state index contributed by atoms with van der Waals surface area (Å²) in [5.41, 5.74) is 1.05. The van der Waals surface area contributed by atoms with Crippen molar-refractivity contribution in [3.8, 4) is 5.75 Å². The fourth-order valence-corrected chi connectivity index (χ4v) is 2.31. The second-order valence-corrected chi connectivity index (χ2v) is 5.86. The van der Waals surface area contributed by atoms with Gasteiger partial charge in [-0.2, -0.15) is 0 Å². The van der Waals surface area contributed by atoms with E-state index in [0.29, 0.717) is 23.1 Å². The lowest BCUT2D eigenvalue weighted by Crippen LogP contribution is -2.46. The third kappa shape index (κ3) is 5.23. The molecule has 0 aliphatic rings. The third-order valence-electron chi connectivity index (χ3n) is 3.66. The van der Waals surface area contributed by atoms with Gasteiger partial charge in [-0.05, 0) is 25.5 Å². The minimum absolute atomic E-state index is 0.0646. The molecule has 2 aromatic rings. The number of phenols is 1. The smallest absolute Gasteiger partial charge is 0.310 e. The number of phenolic OH excluding ortho intramolecular Hbond substituents is 1. The van der Waals surface area contributed by atoms with Gasteiger partial charge < -0.3 is 24.9 Å². The van der Waals surface area contributed by atoms with E-state index in [4.69, 9.17) is 9.15 Å². The molecule has 2 amide bonds. The average molecular weight is 362 g/mol. The van der Waals surface area contributed by atoms with Gasteiger partial charge in [0.2, 0.25) is 5.91 Å². The van der Waals surface area contributed by atoms with E-state index in [1.54, 1.807) is 13.0 Å². The third-order valence-corrected chi connectivity index (χ3v) is 3.66. The van der Waals surface area contributed by atoms with Crippen molar-refractivity contribution >= 4 is 28.8 Å². The standard InChI is InChI=1S/C18H22N2O6/c1-3-6-19-18(24)11(2)20-16(22)10-26-17(23)7-12-9-25-15-8-13(21)4-5-14(12)15/h4-5,8-9,11,21H,3,6-7,10H2,1-2H3,(H,19,24)(H,20,22)/t11-/m0/s1. The van der Waals surface area contributed by atoms with Crippen molar-refractivity contribution in [3.63, 3.8) is 0 Å². The summed E-state index contributed by atoms with van der Waals surface area (Å²) in [5.74, 6) is -1.38.